The minimum absolute atomic E-state index is 0.00465. The number of carbonyl (C=O) groups is 2. The van der Waals surface area contributed by atoms with Crippen molar-refractivity contribution in [1.29, 1.82) is 0 Å². The van der Waals surface area contributed by atoms with Crippen molar-refractivity contribution in [1.82, 2.24) is 10.2 Å². The van der Waals surface area contributed by atoms with Crippen LogP contribution in [0.25, 0.3) is 0 Å². The summed E-state index contributed by atoms with van der Waals surface area (Å²) in [4.78, 5) is 25.6. The molecule has 0 aliphatic carbocycles. The molecule has 1 fully saturated rings. The molecule has 124 valence electrons. The van der Waals surface area contributed by atoms with Gasteiger partial charge >= 0.3 is 0 Å². The van der Waals surface area contributed by atoms with Crippen molar-refractivity contribution in [2.24, 2.45) is 5.73 Å². The van der Waals surface area contributed by atoms with E-state index in [9.17, 15) is 9.59 Å². The van der Waals surface area contributed by atoms with E-state index in [1.807, 2.05) is 18.2 Å². The van der Waals surface area contributed by atoms with Gasteiger partial charge in [0, 0.05) is 25.6 Å². The van der Waals surface area contributed by atoms with E-state index >= 15 is 0 Å². The Labute approximate surface area is 134 Å². The first-order valence-electron chi connectivity index (χ1n) is 7.82. The number of carbonyl (C=O) groups excluding carboxylic acids is 2. The molecule has 0 unspecified atom stereocenters. The molecule has 0 saturated carbocycles. The molecule has 2 aliphatic rings. The van der Waals surface area contributed by atoms with Crippen molar-refractivity contribution in [3.05, 3.63) is 23.8 Å². The van der Waals surface area contributed by atoms with Crippen LogP contribution < -0.4 is 20.5 Å². The van der Waals surface area contributed by atoms with Gasteiger partial charge in [-0.1, -0.05) is 6.07 Å². The topological polar surface area (TPSA) is 93.9 Å². The zero-order chi connectivity index (χ0) is 16.2. The first-order valence-corrected chi connectivity index (χ1v) is 7.82. The monoisotopic (exact) mass is 319 g/mol. The molecule has 1 saturated heterocycles. The average molecular weight is 319 g/mol. The van der Waals surface area contributed by atoms with Crippen LogP contribution in [0.3, 0.4) is 0 Å². The lowest BCUT2D eigenvalue weighted by Crippen LogP contribution is -2.41. The van der Waals surface area contributed by atoms with Gasteiger partial charge in [0.25, 0.3) is 0 Å². The summed E-state index contributed by atoms with van der Waals surface area (Å²) < 4.78 is 10.6. The molecule has 2 amide bonds. The van der Waals surface area contributed by atoms with E-state index in [1.54, 1.807) is 4.90 Å². The fourth-order valence-electron chi connectivity index (χ4n) is 3.03. The smallest absolute Gasteiger partial charge is 0.236 e. The van der Waals surface area contributed by atoms with Crippen LogP contribution in [0.2, 0.25) is 0 Å². The summed E-state index contributed by atoms with van der Waals surface area (Å²) in [5.74, 6) is 1.27. The van der Waals surface area contributed by atoms with E-state index in [0.29, 0.717) is 25.3 Å². The maximum atomic E-state index is 12.1. The molecule has 7 nitrogen and oxygen atoms in total. The van der Waals surface area contributed by atoms with Crippen LogP contribution in [0.4, 0.5) is 0 Å². The van der Waals surface area contributed by atoms with E-state index < -0.39 is 0 Å². The second kappa shape index (κ2) is 6.87. The summed E-state index contributed by atoms with van der Waals surface area (Å²) in [5.41, 5.74) is 6.36. The van der Waals surface area contributed by atoms with Crippen LogP contribution in [0.5, 0.6) is 11.5 Å². The summed E-state index contributed by atoms with van der Waals surface area (Å²) in [6.07, 6.45) is 2.09. The van der Waals surface area contributed by atoms with E-state index in [-0.39, 0.29) is 31.2 Å². The number of hydrogen-bond donors (Lipinski definition) is 2. The van der Waals surface area contributed by atoms with Gasteiger partial charge in [-0.25, -0.2) is 0 Å². The fraction of sp³-hybridized carbons (Fsp3) is 0.500. The average Bonchev–Trinajstić information content (AvgIpc) is 3.20. The molecule has 1 aromatic rings. The molecule has 0 radical (unpaired) electrons. The van der Waals surface area contributed by atoms with Crippen LogP contribution in [-0.4, -0.2) is 42.6 Å². The zero-order valence-corrected chi connectivity index (χ0v) is 12.9. The highest BCUT2D eigenvalue weighted by molar-refractivity contribution is 5.81. The number of amides is 2. The lowest BCUT2D eigenvalue weighted by atomic mass is 10.1. The highest BCUT2D eigenvalue weighted by atomic mass is 16.7. The number of hydrogen-bond acceptors (Lipinski definition) is 5. The summed E-state index contributed by atoms with van der Waals surface area (Å²) in [7, 11) is 0. The van der Waals surface area contributed by atoms with Gasteiger partial charge in [0.2, 0.25) is 18.6 Å². The molecule has 3 rings (SSSR count). The molecule has 2 aliphatic heterocycles. The molecule has 3 N–H and O–H groups in total. The first-order chi connectivity index (χ1) is 11.2. The van der Waals surface area contributed by atoms with Crippen molar-refractivity contribution < 1.29 is 19.1 Å². The van der Waals surface area contributed by atoms with Crippen LogP contribution in [0.1, 0.15) is 24.8 Å². The number of benzene rings is 1. The van der Waals surface area contributed by atoms with Crippen LogP contribution in [0, 0.1) is 0 Å². The molecule has 2 heterocycles. The molecular weight excluding hydrogens is 298 g/mol. The van der Waals surface area contributed by atoms with Crippen molar-refractivity contribution in [2.45, 2.75) is 31.8 Å². The normalized spacial score (nSPS) is 19.0. The predicted octanol–water partition coefficient (Wildman–Crippen LogP) is 0.371. The van der Waals surface area contributed by atoms with Gasteiger partial charge in [0.05, 0.1) is 6.54 Å². The Morgan fingerprint density at radius 3 is 2.96 bits per heavy atom. The third-order valence-corrected chi connectivity index (χ3v) is 4.22. The van der Waals surface area contributed by atoms with E-state index in [0.717, 1.165) is 24.2 Å². The largest absolute Gasteiger partial charge is 0.454 e. The third kappa shape index (κ3) is 3.56. The minimum Gasteiger partial charge on any atom is -0.454 e. The Balaban J connectivity index is 1.50. The van der Waals surface area contributed by atoms with Gasteiger partial charge in [0.1, 0.15) is 0 Å². The van der Waals surface area contributed by atoms with Gasteiger partial charge in [0.15, 0.2) is 11.5 Å². The fourth-order valence-corrected chi connectivity index (χ4v) is 3.03. The third-order valence-electron chi connectivity index (χ3n) is 4.22. The van der Waals surface area contributed by atoms with Gasteiger partial charge in [-0.3, -0.25) is 9.59 Å². The van der Waals surface area contributed by atoms with Crippen molar-refractivity contribution >= 4 is 11.8 Å². The number of ether oxygens (including phenoxy) is 2. The van der Waals surface area contributed by atoms with E-state index in [1.165, 1.54) is 0 Å². The van der Waals surface area contributed by atoms with E-state index in [4.69, 9.17) is 15.2 Å². The Hall–Kier alpha value is -2.28. The van der Waals surface area contributed by atoms with E-state index in [2.05, 4.69) is 5.32 Å². The lowest BCUT2D eigenvalue weighted by molar-refractivity contribution is -0.131. The number of nitrogens with one attached hydrogen (secondary N) is 1. The van der Waals surface area contributed by atoms with Crippen LogP contribution >= 0.6 is 0 Å². The highest BCUT2D eigenvalue weighted by Crippen LogP contribution is 2.32. The summed E-state index contributed by atoms with van der Waals surface area (Å²) in [6, 6.07) is 5.56. The SMILES string of the molecule is NCC(=O)N1CCC[C@H]1CC(=O)NCc1ccc2c(c1)OCO2. The molecule has 0 aromatic heterocycles. The maximum Gasteiger partial charge on any atom is 0.236 e. The summed E-state index contributed by atoms with van der Waals surface area (Å²) >= 11 is 0. The Kier molecular flexibility index (Phi) is 4.66. The first kappa shape index (κ1) is 15.6. The number of rotatable bonds is 5. The summed E-state index contributed by atoms with van der Waals surface area (Å²) in [5, 5.41) is 2.89. The molecule has 0 spiro atoms. The Morgan fingerprint density at radius 2 is 2.13 bits per heavy atom. The Morgan fingerprint density at radius 1 is 1.30 bits per heavy atom. The molecule has 0 bridgehead atoms. The van der Waals surface area contributed by atoms with Crippen molar-refractivity contribution in [3.63, 3.8) is 0 Å². The molecule has 1 aromatic carbocycles. The minimum atomic E-state index is -0.0870. The number of fused-ring (bicyclic) bond motifs is 1. The lowest BCUT2D eigenvalue weighted by Gasteiger charge is -2.23. The van der Waals surface area contributed by atoms with Gasteiger partial charge in [-0.15, -0.1) is 0 Å². The standard InChI is InChI=1S/C16H21N3O4/c17-8-16(21)19-5-1-2-12(19)7-15(20)18-9-11-3-4-13-14(6-11)23-10-22-13/h3-4,6,12H,1-2,5,7-10,17H2,(H,18,20)/t12-/m0/s1. The van der Waals surface area contributed by atoms with Crippen molar-refractivity contribution in [3.8, 4) is 11.5 Å². The zero-order valence-electron chi connectivity index (χ0n) is 12.9. The van der Waals surface area contributed by atoms with Crippen LogP contribution in [0.15, 0.2) is 18.2 Å². The second-order valence-corrected chi connectivity index (χ2v) is 5.76. The van der Waals surface area contributed by atoms with Gasteiger partial charge < -0.3 is 25.4 Å². The second-order valence-electron chi connectivity index (χ2n) is 5.76. The molecule has 23 heavy (non-hydrogen) atoms. The molecular formula is C16H21N3O4. The summed E-state index contributed by atoms with van der Waals surface area (Å²) in [6.45, 7) is 1.34. The molecule has 1 atom stereocenters. The highest BCUT2D eigenvalue weighted by Gasteiger charge is 2.29. The number of nitrogens with two attached hydrogens (primary N) is 1. The molecule has 7 heteroatoms. The Bertz CT molecular complexity index is 605. The predicted molar refractivity (Wildman–Crippen MR) is 82.8 cm³/mol. The van der Waals surface area contributed by atoms with Crippen molar-refractivity contribution in [2.75, 3.05) is 19.9 Å². The quantitative estimate of drug-likeness (QED) is 0.818. The van der Waals surface area contributed by atoms with Crippen LogP contribution in [-0.2, 0) is 16.1 Å². The van der Waals surface area contributed by atoms with Gasteiger partial charge in [-0.2, -0.15) is 0 Å². The number of nitrogens with zero attached hydrogens (tertiary/aromatic N) is 1. The number of likely N-dealkylation sites (tertiary alicyclic amines) is 1. The van der Waals surface area contributed by atoms with Gasteiger partial charge in [-0.05, 0) is 30.5 Å². The maximum absolute atomic E-state index is 12.1.